The van der Waals surface area contributed by atoms with E-state index in [0.29, 0.717) is 29.7 Å². The molecular formula is C17H18N2O6. The second kappa shape index (κ2) is 6.92. The lowest BCUT2D eigenvalue weighted by atomic mass is 10.0. The van der Waals surface area contributed by atoms with Crippen LogP contribution >= 0.6 is 0 Å². The number of nitrogens with zero attached hydrogens (tertiary/aromatic N) is 1. The van der Waals surface area contributed by atoms with Crippen LogP contribution in [0.5, 0.6) is 5.75 Å². The maximum Gasteiger partial charge on any atom is 0.303 e. The highest BCUT2D eigenvalue weighted by atomic mass is 16.5. The number of rotatable bonds is 6. The second-order valence-corrected chi connectivity index (χ2v) is 6.03. The average molecular weight is 346 g/mol. The van der Waals surface area contributed by atoms with Gasteiger partial charge in [0.1, 0.15) is 11.8 Å². The van der Waals surface area contributed by atoms with Gasteiger partial charge in [0.05, 0.1) is 13.2 Å². The first-order valence-corrected chi connectivity index (χ1v) is 8.08. The molecule has 2 N–H and O–H groups in total. The van der Waals surface area contributed by atoms with E-state index in [4.69, 9.17) is 9.84 Å². The monoisotopic (exact) mass is 346 g/mol. The molecule has 0 aliphatic carbocycles. The number of carbonyl (C=O) groups is 4. The number of fused-ring (bicyclic) bond motifs is 1. The van der Waals surface area contributed by atoms with Crippen LogP contribution in [0.4, 0.5) is 0 Å². The summed E-state index contributed by atoms with van der Waals surface area (Å²) >= 11 is 0. The fraction of sp³-hybridized carbons (Fsp3) is 0.412. The third kappa shape index (κ3) is 3.47. The molecule has 0 bridgehead atoms. The van der Waals surface area contributed by atoms with Crippen molar-refractivity contribution in [2.24, 2.45) is 0 Å². The number of ether oxygens (including phenoxy) is 1. The summed E-state index contributed by atoms with van der Waals surface area (Å²) in [6.45, 7) is 0.463. The average Bonchev–Trinajstić information content (AvgIpc) is 2.89. The molecule has 3 amide bonds. The molecular weight excluding hydrogens is 328 g/mol. The number of carboxylic acids is 1. The van der Waals surface area contributed by atoms with Crippen molar-refractivity contribution in [3.8, 4) is 5.75 Å². The number of carbonyl (C=O) groups excluding carboxylic acids is 3. The van der Waals surface area contributed by atoms with Crippen molar-refractivity contribution in [3.05, 3.63) is 29.3 Å². The zero-order valence-corrected chi connectivity index (χ0v) is 13.5. The van der Waals surface area contributed by atoms with E-state index < -0.39 is 17.9 Å². The first kappa shape index (κ1) is 16.9. The molecule has 1 fully saturated rings. The predicted molar refractivity (Wildman–Crippen MR) is 84.9 cm³/mol. The highest BCUT2D eigenvalue weighted by Crippen LogP contribution is 2.33. The van der Waals surface area contributed by atoms with Gasteiger partial charge in [-0.2, -0.15) is 0 Å². The summed E-state index contributed by atoms with van der Waals surface area (Å²) in [6, 6.07) is 4.42. The Morgan fingerprint density at radius 2 is 2.12 bits per heavy atom. The van der Waals surface area contributed by atoms with Crippen LogP contribution in [0.1, 0.15) is 41.6 Å². The number of benzene rings is 1. The Morgan fingerprint density at radius 3 is 2.84 bits per heavy atom. The summed E-state index contributed by atoms with van der Waals surface area (Å²) < 4.78 is 5.63. The fourth-order valence-corrected chi connectivity index (χ4v) is 3.10. The van der Waals surface area contributed by atoms with Gasteiger partial charge in [0.15, 0.2) is 0 Å². The van der Waals surface area contributed by atoms with Crippen LogP contribution in [0.15, 0.2) is 18.2 Å². The van der Waals surface area contributed by atoms with E-state index in [2.05, 4.69) is 5.32 Å². The highest BCUT2D eigenvalue weighted by molar-refractivity contribution is 6.05. The Labute approximate surface area is 143 Å². The molecule has 1 aromatic rings. The van der Waals surface area contributed by atoms with Gasteiger partial charge in [-0.15, -0.1) is 0 Å². The van der Waals surface area contributed by atoms with Crippen LogP contribution in [0.25, 0.3) is 0 Å². The van der Waals surface area contributed by atoms with E-state index >= 15 is 0 Å². The molecule has 3 rings (SSSR count). The van der Waals surface area contributed by atoms with Crippen molar-refractivity contribution < 1.29 is 29.0 Å². The number of carboxylic acid groups (broad SMARTS) is 1. The molecule has 25 heavy (non-hydrogen) atoms. The van der Waals surface area contributed by atoms with Gasteiger partial charge >= 0.3 is 5.97 Å². The second-order valence-electron chi connectivity index (χ2n) is 6.03. The van der Waals surface area contributed by atoms with Crippen LogP contribution in [-0.2, 0) is 20.9 Å². The summed E-state index contributed by atoms with van der Waals surface area (Å²) in [6.07, 6.45) is 0.883. The van der Waals surface area contributed by atoms with Crippen LogP contribution in [-0.4, -0.2) is 46.3 Å². The molecule has 2 aliphatic heterocycles. The molecule has 132 valence electrons. The summed E-state index contributed by atoms with van der Waals surface area (Å²) in [4.78, 5) is 47.9. The summed E-state index contributed by atoms with van der Waals surface area (Å²) in [5, 5.41) is 10.9. The van der Waals surface area contributed by atoms with E-state index in [-0.39, 0.29) is 37.8 Å². The van der Waals surface area contributed by atoms with Gasteiger partial charge in [-0.1, -0.05) is 6.07 Å². The number of aliphatic carboxylic acids is 1. The van der Waals surface area contributed by atoms with Gasteiger partial charge in [0.25, 0.3) is 5.91 Å². The molecule has 0 saturated carbocycles. The molecule has 1 atom stereocenters. The minimum Gasteiger partial charge on any atom is -0.493 e. The summed E-state index contributed by atoms with van der Waals surface area (Å²) in [7, 11) is 0. The third-order valence-electron chi connectivity index (χ3n) is 4.33. The summed E-state index contributed by atoms with van der Waals surface area (Å²) in [5.41, 5.74) is 1.16. The molecule has 0 spiro atoms. The minimum absolute atomic E-state index is 0.0103. The lowest BCUT2D eigenvalue weighted by molar-refractivity contribution is -0.138. The Kier molecular flexibility index (Phi) is 4.69. The number of hydrogen-bond acceptors (Lipinski definition) is 5. The standard InChI is InChI=1S/C17H18N2O6/c20-14-7-6-12(16(23)18-14)19-9-11-10(17(19)24)3-1-4-13(11)25-8-2-5-15(21)22/h1,3-4,12H,2,5-9H2,(H,21,22)(H,18,20,23). The SMILES string of the molecule is O=C(O)CCCOc1cccc2c1CN(C1CCC(=O)NC1=O)C2=O. The zero-order chi connectivity index (χ0) is 18.0. The maximum atomic E-state index is 12.6. The van der Waals surface area contributed by atoms with Crippen molar-refractivity contribution in [1.82, 2.24) is 10.2 Å². The van der Waals surface area contributed by atoms with Gasteiger partial charge in [-0.3, -0.25) is 24.5 Å². The smallest absolute Gasteiger partial charge is 0.303 e. The van der Waals surface area contributed by atoms with Gasteiger partial charge in [-0.25, -0.2) is 0 Å². The molecule has 2 aliphatic rings. The number of amides is 3. The van der Waals surface area contributed by atoms with Gasteiger partial charge in [0, 0.05) is 24.0 Å². The number of hydrogen-bond donors (Lipinski definition) is 2. The number of piperidine rings is 1. The Hall–Kier alpha value is -2.90. The molecule has 8 nitrogen and oxygen atoms in total. The number of nitrogens with one attached hydrogen (secondary N) is 1. The van der Waals surface area contributed by atoms with Crippen LogP contribution in [0.3, 0.4) is 0 Å². The molecule has 1 unspecified atom stereocenters. The van der Waals surface area contributed by atoms with Crippen LogP contribution in [0, 0.1) is 0 Å². The Bertz CT molecular complexity index is 745. The van der Waals surface area contributed by atoms with Gasteiger partial charge < -0.3 is 14.7 Å². The highest BCUT2D eigenvalue weighted by Gasteiger charge is 2.40. The first-order valence-electron chi connectivity index (χ1n) is 8.08. The molecule has 8 heteroatoms. The molecule has 2 heterocycles. The van der Waals surface area contributed by atoms with E-state index in [1.54, 1.807) is 18.2 Å². The normalized spacial score (nSPS) is 19.6. The van der Waals surface area contributed by atoms with Crippen molar-refractivity contribution >= 4 is 23.7 Å². The molecule has 1 saturated heterocycles. The molecule has 1 aromatic carbocycles. The van der Waals surface area contributed by atoms with E-state index in [0.717, 1.165) is 0 Å². The lowest BCUT2D eigenvalue weighted by Gasteiger charge is -2.29. The van der Waals surface area contributed by atoms with Crippen molar-refractivity contribution in [3.63, 3.8) is 0 Å². The predicted octanol–water partition coefficient (Wildman–Crippen LogP) is 0.691. The Balaban J connectivity index is 1.72. The van der Waals surface area contributed by atoms with Crippen molar-refractivity contribution in [2.45, 2.75) is 38.3 Å². The largest absolute Gasteiger partial charge is 0.493 e. The molecule has 0 aromatic heterocycles. The van der Waals surface area contributed by atoms with Crippen LogP contribution in [0.2, 0.25) is 0 Å². The Morgan fingerprint density at radius 1 is 1.32 bits per heavy atom. The van der Waals surface area contributed by atoms with E-state index in [1.165, 1.54) is 4.90 Å². The topological polar surface area (TPSA) is 113 Å². The number of imide groups is 1. The maximum absolute atomic E-state index is 12.6. The van der Waals surface area contributed by atoms with Gasteiger partial charge in [0.2, 0.25) is 11.8 Å². The first-order chi connectivity index (χ1) is 12.0. The van der Waals surface area contributed by atoms with Crippen LogP contribution < -0.4 is 10.1 Å². The lowest BCUT2D eigenvalue weighted by Crippen LogP contribution is -2.52. The van der Waals surface area contributed by atoms with Crippen molar-refractivity contribution in [1.29, 1.82) is 0 Å². The third-order valence-corrected chi connectivity index (χ3v) is 4.33. The van der Waals surface area contributed by atoms with E-state index in [1.807, 2.05) is 0 Å². The summed E-state index contributed by atoms with van der Waals surface area (Å²) in [5.74, 6) is -1.41. The molecule has 0 radical (unpaired) electrons. The fourth-order valence-electron chi connectivity index (χ4n) is 3.10. The quantitative estimate of drug-likeness (QED) is 0.579. The minimum atomic E-state index is -0.888. The van der Waals surface area contributed by atoms with Crippen molar-refractivity contribution in [2.75, 3.05) is 6.61 Å². The van der Waals surface area contributed by atoms with E-state index in [9.17, 15) is 19.2 Å². The van der Waals surface area contributed by atoms with Gasteiger partial charge in [-0.05, 0) is 25.0 Å². The zero-order valence-electron chi connectivity index (χ0n) is 13.5.